The Bertz CT molecular complexity index is 328. The van der Waals surface area contributed by atoms with Gasteiger partial charge in [-0.2, -0.15) is 0 Å². The molecule has 0 aromatic carbocycles. The predicted octanol–water partition coefficient (Wildman–Crippen LogP) is 1.02. The lowest BCUT2D eigenvalue weighted by Crippen LogP contribution is -1.99. The van der Waals surface area contributed by atoms with Crippen molar-refractivity contribution in [1.82, 2.24) is 9.97 Å². The van der Waals surface area contributed by atoms with Crippen molar-refractivity contribution in [1.29, 1.82) is 0 Å². The molecule has 3 nitrogen and oxygen atoms in total. The molecule has 0 bridgehead atoms. The minimum Gasteiger partial charge on any atom is -0.383 e. The molecule has 1 aliphatic carbocycles. The molecule has 0 aliphatic heterocycles. The highest BCUT2D eigenvalue weighted by Gasteiger charge is 2.14. The van der Waals surface area contributed by atoms with Gasteiger partial charge in [0.05, 0.1) is 5.69 Å². The van der Waals surface area contributed by atoms with Gasteiger partial charge >= 0.3 is 0 Å². The molecule has 1 heterocycles. The third-order valence-electron chi connectivity index (χ3n) is 1.96. The number of allylic oxidation sites excluding steroid dienone is 2. The highest BCUT2D eigenvalue weighted by atomic mass is 14.9. The van der Waals surface area contributed by atoms with Crippen LogP contribution in [0.3, 0.4) is 0 Å². The highest BCUT2D eigenvalue weighted by Crippen LogP contribution is 2.26. The molecule has 0 spiro atoms. The summed E-state index contributed by atoms with van der Waals surface area (Å²) in [5.74, 6) is 0.614. The second-order valence-electron chi connectivity index (χ2n) is 2.68. The van der Waals surface area contributed by atoms with E-state index in [1.165, 1.54) is 11.9 Å². The normalized spacial score (nSPS) is 14.5. The summed E-state index contributed by atoms with van der Waals surface area (Å²) in [5, 5.41) is 0. The van der Waals surface area contributed by atoms with Gasteiger partial charge in [-0.25, -0.2) is 9.97 Å². The molecule has 1 aromatic rings. The van der Waals surface area contributed by atoms with E-state index < -0.39 is 0 Å². The second-order valence-corrected chi connectivity index (χ2v) is 2.68. The van der Waals surface area contributed by atoms with Crippen LogP contribution in [0.25, 0.3) is 5.57 Å². The second kappa shape index (κ2) is 2.05. The zero-order valence-electron chi connectivity index (χ0n) is 6.33. The largest absolute Gasteiger partial charge is 0.383 e. The average Bonchev–Trinajstić information content (AvgIpc) is 2.35. The van der Waals surface area contributed by atoms with Crippen molar-refractivity contribution in [3.63, 3.8) is 0 Å². The Morgan fingerprint density at radius 1 is 1.45 bits per heavy atom. The quantitative estimate of drug-likeness (QED) is 0.596. The van der Waals surface area contributed by atoms with Gasteiger partial charge < -0.3 is 5.73 Å². The topological polar surface area (TPSA) is 51.8 Å². The fourth-order valence-electron chi connectivity index (χ4n) is 1.32. The Hall–Kier alpha value is -1.38. The maximum absolute atomic E-state index is 5.65. The van der Waals surface area contributed by atoms with E-state index >= 15 is 0 Å². The first-order valence-corrected chi connectivity index (χ1v) is 3.55. The summed E-state index contributed by atoms with van der Waals surface area (Å²) in [6.07, 6.45) is 4.51. The van der Waals surface area contributed by atoms with Crippen LogP contribution in [0.15, 0.2) is 12.4 Å². The van der Waals surface area contributed by atoms with E-state index in [1.54, 1.807) is 0 Å². The van der Waals surface area contributed by atoms with Crippen LogP contribution in [0, 0.1) is 0 Å². The third kappa shape index (κ3) is 0.808. The zero-order chi connectivity index (χ0) is 7.84. The first-order valence-electron chi connectivity index (χ1n) is 3.55. The number of nitrogens with zero attached hydrogens (tertiary/aromatic N) is 2. The summed E-state index contributed by atoms with van der Waals surface area (Å²) >= 11 is 0. The van der Waals surface area contributed by atoms with E-state index in [0.29, 0.717) is 5.82 Å². The first-order chi connectivity index (χ1) is 5.29. The number of aromatic nitrogens is 2. The number of fused-ring (bicyclic) bond motifs is 1. The van der Waals surface area contributed by atoms with Crippen molar-refractivity contribution in [2.75, 3.05) is 5.73 Å². The van der Waals surface area contributed by atoms with E-state index in [2.05, 4.69) is 16.0 Å². The Balaban J connectivity index is 2.64. The smallest absolute Gasteiger partial charge is 0.130 e. The fraction of sp³-hybridized carbons (Fsp3) is 0.250. The molecule has 3 heteroatoms. The van der Waals surface area contributed by atoms with Gasteiger partial charge in [0.25, 0.3) is 0 Å². The molecular formula is C8H9N3. The van der Waals surface area contributed by atoms with Crippen LogP contribution >= 0.6 is 0 Å². The number of hydrogen-bond acceptors (Lipinski definition) is 3. The lowest BCUT2D eigenvalue weighted by atomic mass is 10.2. The first kappa shape index (κ1) is 6.34. The number of anilines is 1. The number of rotatable bonds is 0. The van der Waals surface area contributed by atoms with E-state index in [1.807, 2.05) is 6.92 Å². The van der Waals surface area contributed by atoms with Gasteiger partial charge in [-0.3, -0.25) is 0 Å². The van der Waals surface area contributed by atoms with E-state index in [9.17, 15) is 0 Å². The third-order valence-corrected chi connectivity index (χ3v) is 1.96. The molecule has 0 saturated heterocycles. The molecule has 1 aliphatic rings. The zero-order valence-corrected chi connectivity index (χ0v) is 6.33. The number of nitrogens with two attached hydrogens (primary N) is 1. The summed E-state index contributed by atoms with van der Waals surface area (Å²) in [7, 11) is 0. The molecule has 0 radical (unpaired) electrons. The maximum Gasteiger partial charge on any atom is 0.130 e. The molecular weight excluding hydrogens is 138 g/mol. The molecule has 0 fully saturated rings. The summed E-state index contributed by atoms with van der Waals surface area (Å²) in [4.78, 5) is 8.06. The van der Waals surface area contributed by atoms with E-state index in [4.69, 9.17) is 5.73 Å². The van der Waals surface area contributed by atoms with Crippen LogP contribution in [0.4, 0.5) is 5.82 Å². The summed E-state index contributed by atoms with van der Waals surface area (Å²) in [5.41, 5.74) is 8.94. The molecule has 2 rings (SSSR count). The van der Waals surface area contributed by atoms with Crippen LogP contribution < -0.4 is 5.73 Å². The number of hydrogen-bond donors (Lipinski definition) is 1. The Kier molecular flexibility index (Phi) is 1.18. The van der Waals surface area contributed by atoms with E-state index in [-0.39, 0.29) is 0 Å². The lowest BCUT2D eigenvalue weighted by molar-refractivity contribution is 1.10. The van der Waals surface area contributed by atoms with Crippen LogP contribution in [-0.2, 0) is 6.42 Å². The molecule has 0 saturated carbocycles. The molecule has 2 N–H and O–H groups in total. The summed E-state index contributed by atoms with van der Waals surface area (Å²) < 4.78 is 0. The van der Waals surface area contributed by atoms with Crippen molar-refractivity contribution in [2.45, 2.75) is 13.3 Å². The Morgan fingerprint density at radius 2 is 2.27 bits per heavy atom. The molecule has 0 amide bonds. The Morgan fingerprint density at radius 3 is 3.00 bits per heavy atom. The van der Waals surface area contributed by atoms with Gasteiger partial charge in [0.15, 0.2) is 0 Å². The SMILES string of the molecule is CC1=CCc2c(N)ncnc21. The van der Waals surface area contributed by atoms with Crippen molar-refractivity contribution >= 4 is 11.4 Å². The average molecular weight is 147 g/mol. The van der Waals surface area contributed by atoms with Gasteiger partial charge in [0.1, 0.15) is 12.1 Å². The van der Waals surface area contributed by atoms with Crippen LogP contribution in [0.5, 0.6) is 0 Å². The van der Waals surface area contributed by atoms with Crippen molar-refractivity contribution < 1.29 is 0 Å². The maximum atomic E-state index is 5.65. The monoisotopic (exact) mass is 147 g/mol. The molecule has 1 aromatic heterocycles. The predicted molar refractivity (Wildman–Crippen MR) is 43.8 cm³/mol. The van der Waals surface area contributed by atoms with Crippen LogP contribution in [-0.4, -0.2) is 9.97 Å². The van der Waals surface area contributed by atoms with Gasteiger partial charge in [-0.05, 0) is 18.9 Å². The number of nitrogen functional groups attached to an aromatic ring is 1. The van der Waals surface area contributed by atoms with Gasteiger partial charge in [0, 0.05) is 5.56 Å². The summed E-state index contributed by atoms with van der Waals surface area (Å²) in [6.45, 7) is 2.04. The summed E-state index contributed by atoms with van der Waals surface area (Å²) in [6, 6.07) is 0. The minimum absolute atomic E-state index is 0.614. The fourth-order valence-corrected chi connectivity index (χ4v) is 1.32. The molecule has 0 unspecified atom stereocenters. The van der Waals surface area contributed by atoms with Crippen molar-refractivity contribution in [2.24, 2.45) is 0 Å². The van der Waals surface area contributed by atoms with Gasteiger partial charge in [-0.15, -0.1) is 0 Å². The van der Waals surface area contributed by atoms with Crippen LogP contribution in [0.1, 0.15) is 18.2 Å². The van der Waals surface area contributed by atoms with E-state index in [0.717, 1.165) is 17.7 Å². The van der Waals surface area contributed by atoms with Gasteiger partial charge in [-0.1, -0.05) is 6.08 Å². The minimum atomic E-state index is 0.614. The standard InChI is InChI=1S/C8H9N3/c1-5-2-3-6-7(5)10-4-11-8(6)9/h2,4H,3H2,1H3,(H2,9,10,11). The van der Waals surface area contributed by atoms with Gasteiger partial charge in [0.2, 0.25) is 0 Å². The molecule has 56 valence electrons. The molecule has 11 heavy (non-hydrogen) atoms. The van der Waals surface area contributed by atoms with Crippen LogP contribution in [0.2, 0.25) is 0 Å². The Labute approximate surface area is 65.0 Å². The van der Waals surface area contributed by atoms with Crippen molar-refractivity contribution in [3.8, 4) is 0 Å². The highest BCUT2D eigenvalue weighted by molar-refractivity contribution is 5.71. The lowest BCUT2D eigenvalue weighted by Gasteiger charge is -2.00. The van der Waals surface area contributed by atoms with Crippen molar-refractivity contribution in [3.05, 3.63) is 23.7 Å². The molecule has 0 atom stereocenters.